The Morgan fingerprint density at radius 3 is 2.39 bits per heavy atom. The molecule has 0 aliphatic heterocycles. The summed E-state index contributed by atoms with van der Waals surface area (Å²) in [6, 6.07) is 17.9. The number of esters is 1. The molecule has 0 saturated heterocycles. The number of anilines is 1. The van der Waals surface area contributed by atoms with Crippen molar-refractivity contribution < 1.29 is 14.3 Å². The third-order valence-corrected chi connectivity index (χ3v) is 5.19. The Morgan fingerprint density at radius 2 is 1.68 bits per heavy atom. The van der Waals surface area contributed by atoms with E-state index >= 15 is 0 Å². The average Bonchev–Trinajstić information content (AvgIpc) is 3.30. The molecule has 0 aliphatic carbocycles. The Kier molecular flexibility index (Phi) is 6.09. The van der Waals surface area contributed by atoms with Gasteiger partial charge in [0.15, 0.2) is 16.5 Å². The number of hydrogen-bond acceptors (Lipinski definition) is 7. The fourth-order valence-corrected chi connectivity index (χ4v) is 3.53. The lowest BCUT2D eigenvalue weighted by Gasteiger charge is -2.17. The number of nitrogens with one attached hydrogen (secondary N) is 1. The molecule has 1 unspecified atom stereocenters. The van der Waals surface area contributed by atoms with Crippen LogP contribution in [-0.2, 0) is 9.53 Å². The summed E-state index contributed by atoms with van der Waals surface area (Å²) < 4.78 is 5.58. The molecule has 2 aromatic heterocycles. The van der Waals surface area contributed by atoms with Crippen LogP contribution >= 0.6 is 11.3 Å². The second-order valence-corrected chi connectivity index (χ2v) is 7.52. The summed E-state index contributed by atoms with van der Waals surface area (Å²) in [5, 5.41) is 4.86. The first-order valence-electron chi connectivity index (χ1n) is 9.46. The van der Waals surface area contributed by atoms with Crippen LogP contribution in [0.5, 0.6) is 0 Å². The van der Waals surface area contributed by atoms with E-state index in [2.05, 4.69) is 20.3 Å². The Hall–Kier alpha value is -3.91. The minimum atomic E-state index is -1.13. The van der Waals surface area contributed by atoms with Gasteiger partial charge in [-0.15, -0.1) is 11.3 Å². The van der Waals surface area contributed by atoms with Crippen LogP contribution < -0.4 is 5.32 Å². The summed E-state index contributed by atoms with van der Waals surface area (Å²) in [6.07, 6.45) is 2.07. The number of aryl methyl sites for hydroxylation is 1. The Bertz CT molecular complexity index is 1180. The molecule has 4 aromatic rings. The van der Waals surface area contributed by atoms with Crippen molar-refractivity contribution in [1.29, 1.82) is 0 Å². The van der Waals surface area contributed by atoms with Gasteiger partial charge in [-0.1, -0.05) is 48.0 Å². The minimum absolute atomic E-state index is 0.0940. The molecule has 0 bridgehead atoms. The van der Waals surface area contributed by atoms with Gasteiger partial charge in [-0.25, -0.2) is 19.7 Å². The van der Waals surface area contributed by atoms with E-state index in [0.29, 0.717) is 22.1 Å². The van der Waals surface area contributed by atoms with Gasteiger partial charge in [-0.05, 0) is 25.1 Å². The van der Waals surface area contributed by atoms with Crippen LogP contribution in [-0.4, -0.2) is 26.8 Å². The van der Waals surface area contributed by atoms with Gasteiger partial charge in [0, 0.05) is 29.0 Å². The highest BCUT2D eigenvalue weighted by molar-refractivity contribution is 7.13. The number of hydrogen-bond donors (Lipinski definition) is 1. The van der Waals surface area contributed by atoms with Gasteiger partial charge in [0.25, 0.3) is 5.91 Å². The van der Waals surface area contributed by atoms with Crippen LogP contribution in [0.25, 0.3) is 10.8 Å². The molecule has 2 aromatic carbocycles. The number of carbonyl (C=O) groups is 2. The van der Waals surface area contributed by atoms with Crippen LogP contribution in [0, 0.1) is 6.92 Å². The molecular weight excluding hydrogens is 412 g/mol. The molecule has 154 valence electrons. The average molecular weight is 430 g/mol. The largest absolute Gasteiger partial charge is 0.443 e. The molecule has 4 rings (SSSR count). The van der Waals surface area contributed by atoms with E-state index in [1.54, 1.807) is 60.2 Å². The second kappa shape index (κ2) is 9.27. The van der Waals surface area contributed by atoms with Crippen molar-refractivity contribution >= 4 is 28.9 Å². The number of benzene rings is 2. The first-order valence-corrected chi connectivity index (χ1v) is 10.3. The van der Waals surface area contributed by atoms with Crippen molar-refractivity contribution in [2.75, 3.05) is 5.32 Å². The molecule has 8 heteroatoms. The first kappa shape index (κ1) is 20.4. The van der Waals surface area contributed by atoms with E-state index in [9.17, 15) is 9.59 Å². The van der Waals surface area contributed by atoms with Crippen LogP contribution in [0.1, 0.15) is 27.7 Å². The summed E-state index contributed by atoms with van der Waals surface area (Å²) in [4.78, 5) is 38.3. The highest BCUT2D eigenvalue weighted by Crippen LogP contribution is 2.24. The third-order valence-electron chi connectivity index (χ3n) is 4.35. The fraction of sp³-hybridized carbons (Fsp3) is 0.0870. The smallest absolute Gasteiger partial charge is 0.358 e. The Balaban J connectivity index is 1.55. The topological polar surface area (TPSA) is 94.1 Å². The molecule has 2 heterocycles. The predicted octanol–water partition coefficient (Wildman–Crippen LogP) is 4.45. The molecule has 1 amide bonds. The van der Waals surface area contributed by atoms with E-state index in [0.717, 1.165) is 5.56 Å². The quantitative estimate of drug-likeness (QED) is 0.454. The maximum atomic E-state index is 13.0. The lowest BCUT2D eigenvalue weighted by Crippen LogP contribution is -2.26. The Morgan fingerprint density at radius 1 is 0.968 bits per heavy atom. The molecule has 7 nitrogen and oxygen atoms in total. The zero-order valence-electron chi connectivity index (χ0n) is 16.6. The maximum absolute atomic E-state index is 13.0. The van der Waals surface area contributed by atoms with E-state index in [1.807, 2.05) is 25.1 Å². The SMILES string of the molecule is Cc1ccc(NC(=O)C(OC(=O)c2csc(-c3ncccn3)n2)c2ccccc2)cc1. The van der Waals surface area contributed by atoms with Gasteiger partial charge >= 0.3 is 5.97 Å². The van der Waals surface area contributed by atoms with Gasteiger partial charge < -0.3 is 10.1 Å². The van der Waals surface area contributed by atoms with Crippen LogP contribution in [0.4, 0.5) is 5.69 Å². The standard InChI is InChI=1S/C23H18N4O3S/c1-15-8-10-17(11-9-15)26-21(28)19(16-6-3-2-4-7-16)30-23(29)18-14-31-22(27-18)20-24-12-5-13-25-20/h2-14,19H,1H3,(H,26,28). The molecule has 0 aliphatic rings. The van der Waals surface area contributed by atoms with Gasteiger partial charge in [0.05, 0.1) is 0 Å². The maximum Gasteiger partial charge on any atom is 0.358 e. The first-order chi connectivity index (χ1) is 15.1. The number of aromatic nitrogens is 3. The second-order valence-electron chi connectivity index (χ2n) is 6.66. The Labute approximate surface area is 182 Å². The molecule has 0 radical (unpaired) electrons. The van der Waals surface area contributed by atoms with Gasteiger partial charge in [0.1, 0.15) is 0 Å². The minimum Gasteiger partial charge on any atom is -0.443 e. The van der Waals surface area contributed by atoms with Crippen LogP contribution in [0.2, 0.25) is 0 Å². The highest BCUT2D eigenvalue weighted by Gasteiger charge is 2.27. The summed E-state index contributed by atoms with van der Waals surface area (Å²) in [5.41, 5.74) is 2.34. The molecule has 0 spiro atoms. The number of carbonyl (C=O) groups excluding carboxylic acids is 2. The lowest BCUT2D eigenvalue weighted by atomic mass is 10.1. The molecule has 0 fully saturated rings. The van der Waals surface area contributed by atoms with E-state index < -0.39 is 18.0 Å². The number of nitrogens with zero attached hydrogens (tertiary/aromatic N) is 3. The number of ether oxygens (including phenoxy) is 1. The fourth-order valence-electron chi connectivity index (χ4n) is 2.79. The van der Waals surface area contributed by atoms with Crippen molar-refractivity contribution in [3.8, 4) is 10.8 Å². The monoisotopic (exact) mass is 430 g/mol. The molecule has 31 heavy (non-hydrogen) atoms. The van der Waals surface area contributed by atoms with E-state index in [-0.39, 0.29) is 5.69 Å². The number of amides is 1. The highest BCUT2D eigenvalue weighted by atomic mass is 32.1. The van der Waals surface area contributed by atoms with Crippen molar-refractivity contribution in [3.05, 3.63) is 95.3 Å². The third kappa shape index (κ3) is 4.99. The summed E-state index contributed by atoms with van der Waals surface area (Å²) >= 11 is 1.23. The van der Waals surface area contributed by atoms with Crippen molar-refractivity contribution in [2.45, 2.75) is 13.0 Å². The van der Waals surface area contributed by atoms with E-state index in [4.69, 9.17) is 4.74 Å². The van der Waals surface area contributed by atoms with Crippen LogP contribution in [0.15, 0.2) is 78.4 Å². The van der Waals surface area contributed by atoms with Crippen molar-refractivity contribution in [1.82, 2.24) is 15.0 Å². The molecule has 1 atom stereocenters. The summed E-state index contributed by atoms with van der Waals surface area (Å²) in [5.74, 6) is -0.736. The van der Waals surface area contributed by atoms with E-state index in [1.165, 1.54) is 11.3 Å². The van der Waals surface area contributed by atoms with Gasteiger partial charge in [-0.2, -0.15) is 0 Å². The molecule has 1 N–H and O–H groups in total. The number of thiazole rings is 1. The number of rotatable bonds is 6. The van der Waals surface area contributed by atoms with Crippen molar-refractivity contribution in [2.24, 2.45) is 0 Å². The van der Waals surface area contributed by atoms with Crippen molar-refractivity contribution in [3.63, 3.8) is 0 Å². The zero-order chi connectivity index (χ0) is 21.6. The predicted molar refractivity (Wildman–Crippen MR) is 118 cm³/mol. The summed E-state index contributed by atoms with van der Waals surface area (Å²) in [6.45, 7) is 1.96. The molecule has 0 saturated carbocycles. The summed E-state index contributed by atoms with van der Waals surface area (Å²) in [7, 11) is 0. The van der Waals surface area contributed by atoms with Gasteiger partial charge in [-0.3, -0.25) is 4.79 Å². The van der Waals surface area contributed by atoms with Gasteiger partial charge in [0.2, 0.25) is 6.10 Å². The van der Waals surface area contributed by atoms with Crippen LogP contribution in [0.3, 0.4) is 0 Å². The zero-order valence-corrected chi connectivity index (χ0v) is 17.4. The molecular formula is C23H18N4O3S. The lowest BCUT2D eigenvalue weighted by molar-refractivity contribution is -0.125. The normalized spacial score (nSPS) is 11.5.